The van der Waals surface area contributed by atoms with Gasteiger partial charge in [0.1, 0.15) is 17.3 Å². The lowest BCUT2D eigenvalue weighted by atomic mass is 9.85. The van der Waals surface area contributed by atoms with E-state index in [0.29, 0.717) is 23.0 Å². The van der Waals surface area contributed by atoms with Crippen LogP contribution in [0.1, 0.15) is 16.7 Å². The number of hydrogen-bond acceptors (Lipinski definition) is 3. The second-order valence-electron chi connectivity index (χ2n) is 11.0. The van der Waals surface area contributed by atoms with Crippen molar-refractivity contribution in [1.29, 1.82) is 0 Å². The van der Waals surface area contributed by atoms with Crippen LogP contribution in [-0.2, 0) is 9.53 Å². The van der Waals surface area contributed by atoms with Crippen molar-refractivity contribution in [1.82, 2.24) is 0 Å². The molecule has 234 valence electrons. The maximum Gasteiger partial charge on any atom is 0.361 e. The Kier molecular flexibility index (Phi) is 9.34. The van der Waals surface area contributed by atoms with Crippen molar-refractivity contribution in [3.63, 3.8) is 0 Å². The first-order valence-electron chi connectivity index (χ1n) is 14.8. The Labute approximate surface area is 311 Å². The number of ether oxygens (including phenoxy) is 1. The van der Waals surface area contributed by atoms with E-state index < -0.39 is 0 Å². The number of ketones is 1. The van der Waals surface area contributed by atoms with Gasteiger partial charge in [-0.05, 0) is 142 Å². The molecule has 1 N–H and O–H groups in total. The van der Waals surface area contributed by atoms with Gasteiger partial charge < -0.3 is 9.84 Å². The molecule has 7 rings (SSSR count). The first-order chi connectivity index (χ1) is 23.2. The zero-order valence-corrected chi connectivity index (χ0v) is 31.2. The maximum atomic E-state index is 13.6. The van der Waals surface area contributed by atoms with E-state index in [1.807, 2.05) is 121 Å². The molecule has 0 amide bonds. The van der Waals surface area contributed by atoms with Crippen LogP contribution in [0.3, 0.4) is 0 Å². The van der Waals surface area contributed by atoms with Crippen molar-refractivity contribution in [3.8, 4) is 22.6 Å². The van der Waals surface area contributed by atoms with Gasteiger partial charge in [0.25, 0.3) is 0 Å². The summed E-state index contributed by atoms with van der Waals surface area (Å²) in [5.74, 6) is 2.19. The van der Waals surface area contributed by atoms with Crippen LogP contribution >= 0.6 is 63.7 Å². The van der Waals surface area contributed by atoms with Gasteiger partial charge in [-0.15, -0.1) is 0 Å². The van der Waals surface area contributed by atoms with Gasteiger partial charge in [-0.3, -0.25) is 4.79 Å². The molecule has 4 aromatic carbocycles. The van der Waals surface area contributed by atoms with Gasteiger partial charge in [-0.25, -0.2) is 4.42 Å². The molecule has 1 aliphatic carbocycles. The van der Waals surface area contributed by atoms with Crippen LogP contribution in [0.5, 0.6) is 0 Å². The zero-order valence-electron chi connectivity index (χ0n) is 24.9. The molecule has 0 spiro atoms. The third-order valence-corrected chi connectivity index (χ3v) is 11.5. The molecule has 2 aliphatic rings. The van der Waals surface area contributed by atoms with Gasteiger partial charge in [0.05, 0.1) is 34.4 Å². The second kappa shape index (κ2) is 13.8. The Balaban J connectivity index is 1.29. The molecule has 0 unspecified atom stereocenters. The van der Waals surface area contributed by atoms with Gasteiger partial charge in [-0.2, -0.15) is 0 Å². The fourth-order valence-corrected chi connectivity index (χ4v) is 6.58. The molecular weight excluding hydrogens is 864 g/mol. The normalized spacial score (nSPS) is 16.0. The molecule has 4 nitrogen and oxygen atoms in total. The molecule has 1 aromatic heterocycles. The smallest absolute Gasteiger partial charge is 0.361 e. The van der Waals surface area contributed by atoms with Crippen molar-refractivity contribution in [3.05, 3.63) is 184 Å². The highest BCUT2D eigenvalue weighted by molar-refractivity contribution is 9.13. The van der Waals surface area contributed by atoms with Crippen LogP contribution in [0.25, 0.3) is 40.2 Å². The van der Waals surface area contributed by atoms with Crippen LogP contribution in [-0.4, -0.2) is 10.9 Å². The molecule has 5 aromatic rings. The van der Waals surface area contributed by atoms with E-state index in [1.165, 1.54) is 0 Å². The average Bonchev–Trinajstić information content (AvgIpc) is 3.12. The average molecular weight is 887 g/mol. The zero-order chi connectivity index (χ0) is 33.4. The van der Waals surface area contributed by atoms with Gasteiger partial charge in [-0.1, -0.05) is 54.6 Å². The Morgan fingerprint density at radius 1 is 0.583 bits per heavy atom. The standard InChI is InChI=1S/C40H22Br4O4/c41-31-13-11-27(21-33(31)43)37-19-23(17-35(47-37)25-7-3-1-4-8-25)15-29-39(45)30(40(29)46)16-24-18-36(26-9-5-2-6-10-26)48-38(20-24)28-12-14-32(42)34(44)22-28/h1-22H/p+1. The SMILES string of the molecule is O=C1C(=Cc2cc(-c3ccccc3)[o+]c(-c3ccc(Br)c(Br)c3)c2)C(O)=C1C=C1C=C(c2ccccc2)OC(c2ccc(Br)c(Br)c2)=C1. The highest BCUT2D eigenvalue weighted by Gasteiger charge is 2.33. The predicted molar refractivity (Wildman–Crippen MR) is 205 cm³/mol. The van der Waals surface area contributed by atoms with E-state index in [1.54, 1.807) is 12.2 Å². The van der Waals surface area contributed by atoms with Crippen molar-refractivity contribution >= 4 is 87.1 Å². The summed E-state index contributed by atoms with van der Waals surface area (Å²) in [6.07, 6.45) is 7.14. The molecule has 0 atom stereocenters. The van der Waals surface area contributed by atoms with Crippen LogP contribution in [0, 0.1) is 0 Å². The topological polar surface area (TPSA) is 57.8 Å². The number of Topliss-reactive ketones (excluding diaryl/α,β-unsaturated/α-hetero) is 1. The summed E-state index contributed by atoms with van der Waals surface area (Å²) < 4.78 is 16.3. The first kappa shape index (κ1) is 32.5. The monoisotopic (exact) mass is 883 g/mol. The van der Waals surface area contributed by atoms with Crippen molar-refractivity contribution in [2.75, 3.05) is 0 Å². The largest absolute Gasteiger partial charge is 0.506 e. The first-order valence-corrected chi connectivity index (χ1v) is 17.9. The predicted octanol–water partition coefficient (Wildman–Crippen LogP) is 12.8. The number of aliphatic hydroxyl groups excluding tert-OH is 1. The van der Waals surface area contributed by atoms with Crippen LogP contribution in [0.2, 0.25) is 0 Å². The summed E-state index contributed by atoms with van der Waals surface area (Å²) in [5, 5.41) is 11.2. The lowest BCUT2D eigenvalue weighted by molar-refractivity contribution is -0.113. The second-order valence-corrected chi connectivity index (χ2v) is 14.4. The lowest BCUT2D eigenvalue weighted by Crippen LogP contribution is -2.21. The highest BCUT2D eigenvalue weighted by atomic mass is 79.9. The number of aliphatic hydroxyl groups is 1. The third kappa shape index (κ3) is 6.76. The van der Waals surface area contributed by atoms with Crippen LogP contribution in [0.15, 0.2) is 172 Å². The molecule has 1 aliphatic heterocycles. The Hall–Kier alpha value is -4.08. The van der Waals surface area contributed by atoms with Gasteiger partial charge in [0.2, 0.25) is 5.78 Å². The molecule has 0 saturated heterocycles. The highest BCUT2D eigenvalue weighted by Crippen LogP contribution is 2.39. The molecule has 48 heavy (non-hydrogen) atoms. The minimum absolute atomic E-state index is 0.0648. The summed E-state index contributed by atoms with van der Waals surface area (Å²) in [5.41, 5.74) is 5.39. The van der Waals surface area contributed by atoms with E-state index >= 15 is 0 Å². The lowest BCUT2D eigenvalue weighted by Gasteiger charge is -2.22. The molecule has 0 bridgehead atoms. The van der Waals surface area contributed by atoms with E-state index in [2.05, 4.69) is 63.7 Å². The van der Waals surface area contributed by atoms with E-state index in [0.717, 1.165) is 51.3 Å². The molecule has 0 saturated carbocycles. The Morgan fingerprint density at radius 2 is 1.12 bits per heavy atom. The minimum atomic E-state index is -0.252. The van der Waals surface area contributed by atoms with Gasteiger partial charge in [0.15, 0.2) is 0 Å². The van der Waals surface area contributed by atoms with Crippen molar-refractivity contribution in [2.45, 2.75) is 0 Å². The molecule has 2 heterocycles. The number of carbonyl (C=O) groups is 1. The fourth-order valence-electron chi connectivity index (χ4n) is 5.33. The van der Waals surface area contributed by atoms with E-state index in [-0.39, 0.29) is 22.7 Å². The van der Waals surface area contributed by atoms with Gasteiger partial charge in [0, 0.05) is 29.0 Å². The maximum absolute atomic E-state index is 13.6. The summed E-state index contributed by atoms with van der Waals surface area (Å²) in [7, 11) is 0. The summed E-state index contributed by atoms with van der Waals surface area (Å²) in [6.45, 7) is 0. The number of benzene rings is 4. The minimum Gasteiger partial charge on any atom is -0.506 e. The Morgan fingerprint density at radius 3 is 1.73 bits per heavy atom. The Bertz CT molecular complexity index is 2270. The van der Waals surface area contributed by atoms with Crippen molar-refractivity contribution < 1.29 is 19.1 Å². The number of carbonyl (C=O) groups excluding carboxylic acids is 1. The molecular formula is C40H23Br4O4+. The quantitative estimate of drug-likeness (QED) is 0.136. The van der Waals surface area contributed by atoms with Crippen LogP contribution in [0.4, 0.5) is 0 Å². The third-order valence-electron chi connectivity index (χ3n) is 7.78. The number of rotatable bonds is 6. The van der Waals surface area contributed by atoms with E-state index in [9.17, 15) is 9.90 Å². The fraction of sp³-hybridized carbons (Fsp3) is 0. The summed E-state index contributed by atoms with van der Waals surface area (Å²) in [6, 6.07) is 35.0. The molecule has 0 fully saturated rings. The number of halogens is 4. The number of hydrogen-bond donors (Lipinski definition) is 1. The van der Waals surface area contributed by atoms with Gasteiger partial charge >= 0.3 is 11.5 Å². The molecule has 8 heteroatoms. The number of allylic oxidation sites excluding steroid dienone is 6. The molecule has 0 radical (unpaired) electrons. The summed E-state index contributed by atoms with van der Waals surface area (Å²) >= 11 is 14.2. The van der Waals surface area contributed by atoms with E-state index in [4.69, 9.17) is 9.15 Å². The van der Waals surface area contributed by atoms with Crippen LogP contribution < -0.4 is 0 Å². The van der Waals surface area contributed by atoms with Crippen molar-refractivity contribution in [2.24, 2.45) is 0 Å². The summed E-state index contributed by atoms with van der Waals surface area (Å²) in [4.78, 5) is 13.6.